The van der Waals surface area contributed by atoms with Crippen molar-refractivity contribution in [1.29, 1.82) is 0 Å². The summed E-state index contributed by atoms with van der Waals surface area (Å²) in [7, 11) is 1.79. The SMILES string of the molecule is CCCCNC(=NC)Nc1ccc(N2CCOSC2)cc1. The summed E-state index contributed by atoms with van der Waals surface area (Å²) in [5, 5.41) is 6.61. The van der Waals surface area contributed by atoms with Crippen LogP contribution in [0.1, 0.15) is 19.8 Å². The van der Waals surface area contributed by atoms with Gasteiger partial charge in [-0.3, -0.25) is 4.99 Å². The molecule has 0 radical (unpaired) electrons. The van der Waals surface area contributed by atoms with Crippen LogP contribution in [0.4, 0.5) is 11.4 Å². The van der Waals surface area contributed by atoms with Crippen molar-refractivity contribution in [3.8, 4) is 0 Å². The monoisotopic (exact) mass is 308 g/mol. The Hall–Kier alpha value is -1.40. The van der Waals surface area contributed by atoms with Gasteiger partial charge in [0.2, 0.25) is 0 Å². The average molecular weight is 308 g/mol. The van der Waals surface area contributed by atoms with Crippen molar-refractivity contribution in [1.82, 2.24) is 5.32 Å². The Balaban J connectivity index is 1.88. The van der Waals surface area contributed by atoms with Gasteiger partial charge in [-0.2, -0.15) is 0 Å². The van der Waals surface area contributed by atoms with Crippen LogP contribution in [0.5, 0.6) is 0 Å². The maximum Gasteiger partial charge on any atom is 0.195 e. The summed E-state index contributed by atoms with van der Waals surface area (Å²) in [5.74, 6) is 1.70. The summed E-state index contributed by atoms with van der Waals surface area (Å²) in [6.45, 7) is 4.85. The standard InChI is InChI=1S/C15H24N4OS/c1-3-4-9-17-15(16-2)18-13-5-7-14(8-6-13)19-10-11-20-21-12-19/h5-8H,3-4,9-12H2,1-2H3,(H2,16,17,18). The van der Waals surface area contributed by atoms with E-state index in [9.17, 15) is 0 Å². The Kier molecular flexibility index (Phi) is 6.69. The van der Waals surface area contributed by atoms with Gasteiger partial charge < -0.3 is 19.7 Å². The van der Waals surface area contributed by atoms with Gasteiger partial charge in [0.05, 0.1) is 12.5 Å². The zero-order chi connectivity index (χ0) is 14.9. The molecule has 21 heavy (non-hydrogen) atoms. The van der Waals surface area contributed by atoms with E-state index in [1.165, 1.54) is 24.2 Å². The summed E-state index contributed by atoms with van der Waals surface area (Å²) in [6, 6.07) is 8.44. The number of benzene rings is 1. The normalized spacial score (nSPS) is 15.9. The summed E-state index contributed by atoms with van der Waals surface area (Å²) in [5.41, 5.74) is 2.27. The number of rotatable bonds is 5. The molecule has 1 fully saturated rings. The van der Waals surface area contributed by atoms with Crippen LogP contribution in [0.2, 0.25) is 0 Å². The van der Waals surface area contributed by atoms with Gasteiger partial charge in [-0.25, -0.2) is 0 Å². The molecule has 0 amide bonds. The second-order valence-electron chi connectivity index (χ2n) is 4.86. The molecule has 0 bridgehead atoms. The lowest BCUT2D eigenvalue weighted by molar-refractivity contribution is 0.367. The lowest BCUT2D eigenvalue weighted by atomic mass is 10.2. The van der Waals surface area contributed by atoms with Gasteiger partial charge in [0.25, 0.3) is 0 Å². The molecular weight excluding hydrogens is 284 g/mol. The molecule has 1 aliphatic heterocycles. The highest BCUT2D eigenvalue weighted by molar-refractivity contribution is 7.94. The first-order valence-corrected chi connectivity index (χ1v) is 8.31. The Morgan fingerprint density at radius 2 is 2.19 bits per heavy atom. The lowest BCUT2D eigenvalue weighted by Crippen LogP contribution is -2.31. The van der Waals surface area contributed by atoms with E-state index in [0.717, 1.165) is 43.6 Å². The number of nitrogens with zero attached hydrogens (tertiary/aromatic N) is 2. The number of aliphatic imine (C=N–C) groups is 1. The molecule has 0 unspecified atom stereocenters. The van der Waals surface area contributed by atoms with Crippen LogP contribution in [0.15, 0.2) is 29.3 Å². The predicted octanol–water partition coefficient (Wildman–Crippen LogP) is 2.92. The molecule has 1 aliphatic rings. The van der Waals surface area contributed by atoms with Crippen LogP contribution in [0.25, 0.3) is 0 Å². The van der Waals surface area contributed by atoms with Gasteiger partial charge in [0.15, 0.2) is 5.96 Å². The van der Waals surface area contributed by atoms with Crippen LogP contribution >= 0.6 is 12.0 Å². The maximum absolute atomic E-state index is 5.30. The molecule has 1 saturated heterocycles. The molecule has 0 aliphatic carbocycles. The van der Waals surface area contributed by atoms with Gasteiger partial charge in [0.1, 0.15) is 0 Å². The molecule has 5 nitrogen and oxygen atoms in total. The van der Waals surface area contributed by atoms with Gasteiger partial charge in [0, 0.05) is 43.6 Å². The second kappa shape index (κ2) is 8.79. The molecule has 2 rings (SSSR count). The molecule has 1 aromatic rings. The number of unbranched alkanes of at least 4 members (excludes halogenated alkanes) is 1. The smallest absolute Gasteiger partial charge is 0.195 e. The van der Waals surface area contributed by atoms with Gasteiger partial charge in [-0.15, -0.1) is 0 Å². The van der Waals surface area contributed by atoms with Crippen LogP contribution in [-0.4, -0.2) is 38.6 Å². The topological polar surface area (TPSA) is 48.9 Å². The van der Waals surface area contributed by atoms with Crippen molar-refractivity contribution in [3.05, 3.63) is 24.3 Å². The minimum absolute atomic E-state index is 0.776. The highest BCUT2D eigenvalue weighted by Gasteiger charge is 2.11. The molecule has 0 atom stereocenters. The zero-order valence-electron chi connectivity index (χ0n) is 12.8. The first-order chi connectivity index (χ1) is 10.3. The van der Waals surface area contributed by atoms with E-state index in [-0.39, 0.29) is 0 Å². The Morgan fingerprint density at radius 1 is 1.38 bits per heavy atom. The molecule has 116 valence electrons. The lowest BCUT2D eigenvalue weighted by Gasteiger charge is -2.27. The fraction of sp³-hybridized carbons (Fsp3) is 0.533. The van der Waals surface area contributed by atoms with E-state index in [1.54, 1.807) is 7.05 Å². The Bertz CT molecular complexity index is 443. The van der Waals surface area contributed by atoms with E-state index in [2.05, 4.69) is 51.7 Å². The molecule has 1 heterocycles. The fourth-order valence-electron chi connectivity index (χ4n) is 2.03. The number of hydrogen-bond donors (Lipinski definition) is 2. The van der Waals surface area contributed by atoms with E-state index < -0.39 is 0 Å². The molecular formula is C15H24N4OS. The zero-order valence-corrected chi connectivity index (χ0v) is 13.6. The van der Waals surface area contributed by atoms with E-state index in [1.807, 2.05) is 0 Å². The highest BCUT2D eigenvalue weighted by Crippen LogP contribution is 2.22. The third kappa shape index (κ3) is 5.13. The fourth-order valence-corrected chi connectivity index (χ4v) is 2.70. The highest BCUT2D eigenvalue weighted by atomic mass is 32.2. The summed E-state index contributed by atoms with van der Waals surface area (Å²) < 4.78 is 5.30. The molecule has 0 saturated carbocycles. The first-order valence-electron chi connectivity index (χ1n) is 7.40. The molecule has 0 spiro atoms. The van der Waals surface area contributed by atoms with Crippen LogP contribution in [-0.2, 0) is 4.18 Å². The Labute approximate surface area is 131 Å². The quantitative estimate of drug-likeness (QED) is 0.379. The minimum Gasteiger partial charge on any atom is -0.358 e. The number of nitrogens with one attached hydrogen (secondary N) is 2. The van der Waals surface area contributed by atoms with Crippen molar-refractivity contribution in [2.24, 2.45) is 4.99 Å². The third-order valence-electron chi connectivity index (χ3n) is 3.28. The summed E-state index contributed by atoms with van der Waals surface area (Å²) in [6.07, 6.45) is 2.32. The number of hydrogen-bond acceptors (Lipinski definition) is 4. The largest absolute Gasteiger partial charge is 0.358 e. The first kappa shape index (κ1) is 16.0. The van der Waals surface area contributed by atoms with Crippen LogP contribution in [0, 0.1) is 0 Å². The van der Waals surface area contributed by atoms with Gasteiger partial charge >= 0.3 is 0 Å². The summed E-state index contributed by atoms with van der Waals surface area (Å²) >= 11 is 1.51. The Morgan fingerprint density at radius 3 is 2.81 bits per heavy atom. The second-order valence-corrected chi connectivity index (χ2v) is 5.59. The van der Waals surface area contributed by atoms with Crippen LogP contribution < -0.4 is 15.5 Å². The molecule has 6 heteroatoms. The molecule has 0 aromatic heterocycles. The van der Waals surface area contributed by atoms with E-state index >= 15 is 0 Å². The number of guanidine groups is 1. The minimum atomic E-state index is 0.776. The number of anilines is 2. The third-order valence-corrected chi connectivity index (χ3v) is 4.03. The van der Waals surface area contributed by atoms with Crippen molar-refractivity contribution < 1.29 is 4.18 Å². The predicted molar refractivity (Wildman–Crippen MR) is 92.1 cm³/mol. The van der Waals surface area contributed by atoms with Crippen molar-refractivity contribution >= 4 is 29.4 Å². The average Bonchev–Trinajstić information content (AvgIpc) is 2.55. The van der Waals surface area contributed by atoms with Gasteiger partial charge in [-0.05, 0) is 30.7 Å². The maximum atomic E-state index is 5.30. The van der Waals surface area contributed by atoms with Crippen molar-refractivity contribution in [2.45, 2.75) is 19.8 Å². The summed E-state index contributed by atoms with van der Waals surface area (Å²) in [4.78, 5) is 6.54. The molecule has 2 N–H and O–H groups in total. The molecule has 1 aromatic carbocycles. The van der Waals surface area contributed by atoms with E-state index in [4.69, 9.17) is 4.18 Å². The van der Waals surface area contributed by atoms with Crippen LogP contribution in [0.3, 0.4) is 0 Å². The van der Waals surface area contributed by atoms with Crippen molar-refractivity contribution in [2.75, 3.05) is 42.8 Å². The van der Waals surface area contributed by atoms with E-state index in [0.29, 0.717) is 0 Å². The van der Waals surface area contributed by atoms with Gasteiger partial charge in [-0.1, -0.05) is 13.3 Å². The van der Waals surface area contributed by atoms with Crippen molar-refractivity contribution in [3.63, 3.8) is 0 Å².